The quantitative estimate of drug-likeness (QED) is 0.759. The molecule has 0 saturated heterocycles. The van der Waals surface area contributed by atoms with Crippen molar-refractivity contribution in [3.05, 3.63) is 47.9 Å². The molecule has 0 aliphatic rings. The summed E-state index contributed by atoms with van der Waals surface area (Å²) in [6.07, 6.45) is 4.90. The summed E-state index contributed by atoms with van der Waals surface area (Å²) in [6.45, 7) is 9.26. The summed E-state index contributed by atoms with van der Waals surface area (Å²) in [4.78, 5) is 3.35. The Hall–Kier alpha value is -2.14. The van der Waals surface area contributed by atoms with Crippen LogP contribution in [-0.4, -0.2) is 20.0 Å². The molecule has 23 heavy (non-hydrogen) atoms. The first-order valence-corrected chi connectivity index (χ1v) is 8.09. The van der Waals surface area contributed by atoms with E-state index in [0.717, 1.165) is 24.2 Å². The second kappa shape index (κ2) is 5.49. The maximum absolute atomic E-state index is 6.26. The van der Waals surface area contributed by atoms with E-state index in [1.807, 2.05) is 23.9 Å². The second-order valence-electron chi connectivity index (χ2n) is 7.20. The number of hydrogen-bond donors (Lipinski definition) is 2. The van der Waals surface area contributed by atoms with E-state index < -0.39 is 5.54 Å². The molecular weight excluding hydrogens is 286 g/mol. The molecule has 0 saturated carbocycles. The summed E-state index contributed by atoms with van der Waals surface area (Å²) in [5.74, 6) is 0. The van der Waals surface area contributed by atoms with Crippen LogP contribution in [0.1, 0.15) is 45.4 Å². The third-order valence-corrected chi connectivity index (χ3v) is 4.73. The van der Waals surface area contributed by atoms with Crippen LogP contribution in [0.5, 0.6) is 0 Å². The lowest BCUT2D eigenvalue weighted by molar-refractivity contribution is 0.404. The number of rotatable bonds is 5. The van der Waals surface area contributed by atoms with Crippen molar-refractivity contribution in [3.8, 4) is 0 Å². The molecule has 2 heterocycles. The number of nitrogens with zero attached hydrogens (tertiary/aromatic N) is 3. The van der Waals surface area contributed by atoms with Crippen LogP contribution in [0.3, 0.4) is 0 Å². The Bertz CT molecular complexity index is 810. The molecule has 2 aromatic heterocycles. The van der Waals surface area contributed by atoms with Crippen LogP contribution in [-0.2, 0) is 17.5 Å². The molecule has 5 heteroatoms. The van der Waals surface area contributed by atoms with Crippen molar-refractivity contribution in [1.29, 1.82) is 0 Å². The van der Waals surface area contributed by atoms with Crippen LogP contribution >= 0.6 is 0 Å². The normalized spacial score (nSPS) is 15.0. The minimum Gasteiger partial charge on any atom is -0.361 e. The highest BCUT2D eigenvalue weighted by atomic mass is 15.4. The van der Waals surface area contributed by atoms with Gasteiger partial charge in [-0.25, -0.2) is 0 Å². The Morgan fingerprint density at radius 3 is 2.70 bits per heavy atom. The third kappa shape index (κ3) is 2.88. The summed E-state index contributed by atoms with van der Waals surface area (Å²) in [5.41, 5.74) is 9.06. The molecule has 122 valence electrons. The van der Waals surface area contributed by atoms with Crippen molar-refractivity contribution in [2.24, 2.45) is 5.73 Å². The number of nitrogens with two attached hydrogens (primary N) is 1. The van der Waals surface area contributed by atoms with Crippen molar-refractivity contribution in [2.45, 2.75) is 51.6 Å². The summed E-state index contributed by atoms with van der Waals surface area (Å²) in [5, 5.41) is 9.81. The third-order valence-electron chi connectivity index (χ3n) is 4.73. The van der Waals surface area contributed by atoms with Crippen LogP contribution in [0.2, 0.25) is 0 Å². The van der Waals surface area contributed by atoms with Crippen molar-refractivity contribution < 1.29 is 0 Å². The van der Waals surface area contributed by atoms with E-state index in [0.29, 0.717) is 0 Å². The molecule has 3 N–H and O–H groups in total. The number of benzene rings is 1. The lowest BCUT2D eigenvalue weighted by atomic mass is 9.84. The van der Waals surface area contributed by atoms with Gasteiger partial charge in [0.15, 0.2) is 0 Å². The first-order valence-electron chi connectivity index (χ1n) is 8.09. The number of nitrogens with one attached hydrogen (secondary N) is 1. The molecule has 5 nitrogen and oxygen atoms in total. The van der Waals surface area contributed by atoms with Gasteiger partial charge in [0.2, 0.25) is 0 Å². The fourth-order valence-electron chi connectivity index (χ4n) is 2.94. The van der Waals surface area contributed by atoms with Crippen LogP contribution in [0.25, 0.3) is 10.9 Å². The number of aromatic amines is 1. The summed E-state index contributed by atoms with van der Waals surface area (Å²) in [7, 11) is 0. The smallest absolute Gasteiger partial charge is 0.102 e. The van der Waals surface area contributed by atoms with Crippen molar-refractivity contribution >= 4 is 10.9 Å². The first kappa shape index (κ1) is 15.7. The van der Waals surface area contributed by atoms with Gasteiger partial charge in [0.25, 0.3) is 0 Å². The number of fused-ring (bicyclic) bond motifs is 1. The van der Waals surface area contributed by atoms with Gasteiger partial charge < -0.3 is 10.7 Å². The minimum atomic E-state index is -0.427. The van der Waals surface area contributed by atoms with Crippen LogP contribution in [0.4, 0.5) is 0 Å². The van der Waals surface area contributed by atoms with E-state index >= 15 is 0 Å². The highest BCUT2D eigenvalue weighted by Crippen LogP contribution is 2.31. The fraction of sp³-hybridized carbons (Fsp3) is 0.444. The molecule has 0 aliphatic heterocycles. The van der Waals surface area contributed by atoms with E-state index in [1.165, 1.54) is 10.9 Å². The number of aromatic nitrogens is 4. The Morgan fingerprint density at radius 2 is 1.96 bits per heavy atom. The standard InChI is InChI=1S/C18H25N5/c1-5-18(4,19)16-11-23(22-21-16)12-17(2,3)14-10-20-15-9-7-6-8-13(14)15/h6-11,20H,5,12,19H2,1-4H3. The molecule has 3 rings (SSSR count). The topological polar surface area (TPSA) is 72.5 Å². The van der Waals surface area contributed by atoms with Gasteiger partial charge in [-0.2, -0.15) is 0 Å². The number of H-pyrrole nitrogens is 1. The van der Waals surface area contributed by atoms with Gasteiger partial charge in [0.1, 0.15) is 5.69 Å². The number of hydrogen-bond acceptors (Lipinski definition) is 3. The van der Waals surface area contributed by atoms with Gasteiger partial charge >= 0.3 is 0 Å². The predicted octanol–water partition coefficient (Wildman–Crippen LogP) is 3.32. The van der Waals surface area contributed by atoms with Gasteiger partial charge in [0, 0.05) is 22.5 Å². The Kier molecular flexibility index (Phi) is 3.76. The molecule has 1 atom stereocenters. The fourth-order valence-corrected chi connectivity index (χ4v) is 2.94. The van der Waals surface area contributed by atoms with Crippen molar-refractivity contribution in [1.82, 2.24) is 20.0 Å². The molecule has 0 bridgehead atoms. The SMILES string of the molecule is CCC(C)(N)c1cn(CC(C)(C)c2c[nH]c3ccccc23)nn1. The maximum atomic E-state index is 6.26. The van der Waals surface area contributed by atoms with Crippen LogP contribution < -0.4 is 5.73 Å². The number of para-hydroxylation sites is 1. The molecule has 0 fully saturated rings. The highest BCUT2D eigenvalue weighted by molar-refractivity contribution is 5.84. The molecule has 0 amide bonds. The van der Waals surface area contributed by atoms with Crippen LogP contribution in [0.15, 0.2) is 36.7 Å². The molecule has 1 unspecified atom stereocenters. The molecule has 0 spiro atoms. The van der Waals surface area contributed by atoms with Gasteiger partial charge in [-0.1, -0.05) is 44.2 Å². The van der Waals surface area contributed by atoms with E-state index in [2.05, 4.69) is 60.5 Å². The molecular formula is C18H25N5. The van der Waals surface area contributed by atoms with Crippen molar-refractivity contribution in [3.63, 3.8) is 0 Å². The second-order valence-corrected chi connectivity index (χ2v) is 7.20. The zero-order chi connectivity index (χ0) is 16.7. The van der Waals surface area contributed by atoms with E-state index in [9.17, 15) is 0 Å². The average molecular weight is 311 g/mol. The average Bonchev–Trinajstić information content (AvgIpc) is 3.13. The van der Waals surface area contributed by atoms with Crippen LogP contribution in [0, 0.1) is 0 Å². The molecule has 0 aliphatic carbocycles. The summed E-state index contributed by atoms with van der Waals surface area (Å²) < 4.78 is 1.90. The Morgan fingerprint density at radius 1 is 1.22 bits per heavy atom. The predicted molar refractivity (Wildman–Crippen MR) is 93.2 cm³/mol. The van der Waals surface area contributed by atoms with Gasteiger partial charge in [0.05, 0.1) is 18.3 Å². The van der Waals surface area contributed by atoms with Crippen molar-refractivity contribution in [2.75, 3.05) is 0 Å². The molecule has 0 radical (unpaired) electrons. The van der Waals surface area contributed by atoms with Gasteiger partial charge in [-0.05, 0) is 25.0 Å². The maximum Gasteiger partial charge on any atom is 0.102 e. The van der Waals surface area contributed by atoms with E-state index in [4.69, 9.17) is 5.73 Å². The first-order chi connectivity index (χ1) is 10.8. The van der Waals surface area contributed by atoms with Gasteiger partial charge in [-0.3, -0.25) is 4.68 Å². The Balaban J connectivity index is 1.89. The lowest BCUT2D eigenvalue weighted by Crippen LogP contribution is -2.32. The highest BCUT2D eigenvalue weighted by Gasteiger charge is 2.27. The lowest BCUT2D eigenvalue weighted by Gasteiger charge is -2.24. The monoisotopic (exact) mass is 311 g/mol. The molecule has 3 aromatic rings. The summed E-state index contributed by atoms with van der Waals surface area (Å²) in [6, 6.07) is 8.38. The Labute approximate surface area is 136 Å². The minimum absolute atomic E-state index is 0.0677. The van der Waals surface area contributed by atoms with E-state index in [1.54, 1.807) is 0 Å². The molecule has 1 aromatic carbocycles. The van der Waals surface area contributed by atoms with E-state index in [-0.39, 0.29) is 5.41 Å². The zero-order valence-electron chi connectivity index (χ0n) is 14.3. The largest absolute Gasteiger partial charge is 0.361 e. The summed E-state index contributed by atoms with van der Waals surface area (Å²) >= 11 is 0. The zero-order valence-corrected chi connectivity index (χ0v) is 14.3. The van der Waals surface area contributed by atoms with Gasteiger partial charge in [-0.15, -0.1) is 5.10 Å².